The van der Waals surface area contributed by atoms with Gasteiger partial charge in [-0.25, -0.2) is 0 Å². The Kier molecular flexibility index (Phi) is 6.39. The highest BCUT2D eigenvalue weighted by molar-refractivity contribution is 5.97. The number of hydrogen-bond acceptors (Lipinski definition) is 2. The molecule has 3 aromatic rings. The zero-order chi connectivity index (χ0) is 21.0. The Bertz CT molecular complexity index is 951. The smallest absolute Gasteiger partial charge is 0.232 e. The maximum Gasteiger partial charge on any atom is 0.232 e. The molecule has 1 unspecified atom stereocenters. The summed E-state index contributed by atoms with van der Waals surface area (Å²) >= 11 is 0. The van der Waals surface area contributed by atoms with Crippen molar-refractivity contribution in [3.63, 3.8) is 0 Å². The molecule has 0 radical (unpaired) electrons. The summed E-state index contributed by atoms with van der Waals surface area (Å²) in [5, 5.41) is 2.20. The van der Waals surface area contributed by atoms with E-state index in [0.29, 0.717) is 18.5 Å². The van der Waals surface area contributed by atoms with E-state index in [1.807, 2.05) is 48.5 Å². The van der Waals surface area contributed by atoms with E-state index in [2.05, 4.69) is 56.9 Å². The van der Waals surface area contributed by atoms with Crippen LogP contribution in [0.25, 0.3) is 10.8 Å². The number of carbonyl (C=O) groups excluding carboxylic acids is 1. The average Bonchev–Trinajstić information content (AvgIpc) is 2.71. The Hall–Kier alpha value is -2.65. The second kappa shape index (κ2) is 8.79. The molecule has 0 fully saturated rings. The van der Waals surface area contributed by atoms with Gasteiger partial charge in [0, 0.05) is 18.6 Å². The van der Waals surface area contributed by atoms with Gasteiger partial charge in [-0.2, -0.15) is 0 Å². The normalized spacial score (nSPS) is 13.9. The van der Waals surface area contributed by atoms with Crippen LogP contribution in [0.3, 0.4) is 0 Å². The molecule has 3 rings (SSSR count). The molecule has 0 aliphatic carbocycles. The van der Waals surface area contributed by atoms with E-state index in [0.717, 1.165) is 28.4 Å². The quantitative estimate of drug-likeness (QED) is 0.582. The first-order chi connectivity index (χ1) is 13.9. The first-order valence-corrected chi connectivity index (χ1v) is 10.5. The van der Waals surface area contributed by atoms with Crippen LogP contribution in [0.4, 0.5) is 0 Å². The lowest BCUT2D eigenvalue weighted by atomic mass is 9.69. The lowest BCUT2D eigenvalue weighted by Crippen LogP contribution is -2.47. The molecule has 3 aromatic carbocycles. The third-order valence-electron chi connectivity index (χ3n) is 6.01. The highest BCUT2D eigenvalue weighted by atomic mass is 16.1. The van der Waals surface area contributed by atoms with E-state index in [1.165, 1.54) is 0 Å². The zero-order valence-electron chi connectivity index (χ0n) is 17.9. The van der Waals surface area contributed by atoms with Crippen LogP contribution >= 0.6 is 0 Å². The first kappa shape index (κ1) is 21.1. The Balaban J connectivity index is 2.22. The molecule has 0 bridgehead atoms. The summed E-state index contributed by atoms with van der Waals surface area (Å²) in [5.74, 6) is -0.299. The summed E-state index contributed by atoms with van der Waals surface area (Å²) in [6.07, 6.45) is 0.636. The topological polar surface area (TPSA) is 46.3 Å². The van der Waals surface area contributed by atoms with Crippen LogP contribution in [0, 0.1) is 0 Å². The molecule has 0 heterocycles. The van der Waals surface area contributed by atoms with Crippen molar-refractivity contribution < 1.29 is 4.79 Å². The van der Waals surface area contributed by atoms with Gasteiger partial charge in [0.25, 0.3) is 0 Å². The van der Waals surface area contributed by atoms with Gasteiger partial charge in [0.05, 0.1) is 0 Å². The molecular weight excluding hydrogens is 356 g/mol. The van der Waals surface area contributed by atoms with E-state index in [4.69, 9.17) is 5.73 Å². The third kappa shape index (κ3) is 4.06. The number of nitrogens with two attached hydrogens (primary N) is 1. The molecule has 0 aliphatic heterocycles. The molecule has 3 nitrogen and oxygen atoms in total. The van der Waals surface area contributed by atoms with Gasteiger partial charge in [0.2, 0.25) is 5.91 Å². The summed E-state index contributed by atoms with van der Waals surface area (Å²) in [7, 11) is 0. The molecule has 3 heteroatoms. The van der Waals surface area contributed by atoms with Gasteiger partial charge >= 0.3 is 0 Å². The SMILES string of the molecule is CC(C)N(CCC(C(N)=O)(c1ccccc1)c1cccc2ccccc12)C(C)C. The number of fused-ring (bicyclic) bond motifs is 1. The fourth-order valence-corrected chi connectivity index (χ4v) is 4.56. The molecule has 1 amide bonds. The van der Waals surface area contributed by atoms with Crippen molar-refractivity contribution >= 4 is 16.7 Å². The average molecular weight is 389 g/mol. The van der Waals surface area contributed by atoms with E-state index < -0.39 is 5.41 Å². The molecule has 0 spiro atoms. The maximum atomic E-state index is 13.2. The second-order valence-electron chi connectivity index (χ2n) is 8.34. The number of carbonyl (C=O) groups is 1. The molecule has 1 atom stereocenters. The van der Waals surface area contributed by atoms with Gasteiger partial charge in [-0.05, 0) is 56.0 Å². The molecule has 0 aliphatic rings. The third-order valence-corrected chi connectivity index (χ3v) is 6.01. The fourth-order valence-electron chi connectivity index (χ4n) is 4.56. The first-order valence-electron chi connectivity index (χ1n) is 10.5. The van der Waals surface area contributed by atoms with Crippen molar-refractivity contribution in [3.05, 3.63) is 83.9 Å². The highest BCUT2D eigenvalue weighted by Gasteiger charge is 2.41. The van der Waals surface area contributed by atoms with Crippen LogP contribution in [-0.4, -0.2) is 29.4 Å². The van der Waals surface area contributed by atoms with Crippen LogP contribution in [0.2, 0.25) is 0 Å². The van der Waals surface area contributed by atoms with E-state index in [1.54, 1.807) is 0 Å². The number of benzene rings is 3. The van der Waals surface area contributed by atoms with Crippen molar-refractivity contribution in [3.8, 4) is 0 Å². The molecular formula is C26H32N2O. The monoisotopic (exact) mass is 388 g/mol. The minimum atomic E-state index is -0.885. The number of rotatable bonds is 8. The standard InChI is InChI=1S/C26H32N2O/c1-19(2)28(20(3)4)18-17-26(25(27)29,22-13-6-5-7-14-22)24-16-10-12-21-11-8-9-15-23(21)24/h5-16,19-20H,17-18H2,1-4H3,(H2,27,29). The number of hydrogen-bond donors (Lipinski definition) is 1. The van der Waals surface area contributed by atoms with Gasteiger partial charge < -0.3 is 5.73 Å². The molecule has 0 aromatic heterocycles. The van der Waals surface area contributed by atoms with Crippen molar-refractivity contribution in [1.82, 2.24) is 4.90 Å². The van der Waals surface area contributed by atoms with Gasteiger partial charge in [0.1, 0.15) is 5.41 Å². The Labute approximate surface area is 174 Å². The molecule has 2 N–H and O–H groups in total. The summed E-state index contributed by atoms with van der Waals surface area (Å²) in [6, 6.07) is 25.2. The van der Waals surface area contributed by atoms with Crippen molar-refractivity contribution in [2.45, 2.75) is 51.6 Å². The Morgan fingerprint density at radius 3 is 2.07 bits per heavy atom. The lowest BCUT2D eigenvalue weighted by Gasteiger charge is -2.37. The van der Waals surface area contributed by atoms with E-state index in [9.17, 15) is 4.79 Å². The zero-order valence-corrected chi connectivity index (χ0v) is 17.9. The van der Waals surface area contributed by atoms with Crippen LogP contribution in [-0.2, 0) is 10.2 Å². The molecule has 29 heavy (non-hydrogen) atoms. The lowest BCUT2D eigenvalue weighted by molar-refractivity contribution is -0.122. The molecule has 0 saturated carbocycles. The fraction of sp³-hybridized carbons (Fsp3) is 0.346. The maximum absolute atomic E-state index is 13.2. The van der Waals surface area contributed by atoms with E-state index in [-0.39, 0.29) is 5.91 Å². The van der Waals surface area contributed by atoms with Gasteiger partial charge in [0.15, 0.2) is 0 Å². The Morgan fingerprint density at radius 1 is 0.862 bits per heavy atom. The highest BCUT2D eigenvalue weighted by Crippen LogP contribution is 2.40. The van der Waals surface area contributed by atoms with Gasteiger partial charge in [-0.3, -0.25) is 9.69 Å². The second-order valence-corrected chi connectivity index (χ2v) is 8.34. The van der Waals surface area contributed by atoms with Crippen molar-refractivity contribution in [2.24, 2.45) is 5.73 Å². The summed E-state index contributed by atoms with van der Waals surface area (Å²) in [6.45, 7) is 9.59. The van der Waals surface area contributed by atoms with Gasteiger partial charge in [-0.1, -0.05) is 72.8 Å². The van der Waals surface area contributed by atoms with Crippen LogP contribution in [0.15, 0.2) is 72.8 Å². The van der Waals surface area contributed by atoms with Crippen molar-refractivity contribution in [2.75, 3.05) is 6.54 Å². The minimum Gasteiger partial charge on any atom is -0.369 e. The Morgan fingerprint density at radius 2 is 1.45 bits per heavy atom. The minimum absolute atomic E-state index is 0.299. The predicted octanol–water partition coefficient (Wildman–Crippen LogP) is 5.12. The van der Waals surface area contributed by atoms with Crippen LogP contribution < -0.4 is 5.73 Å². The number of primary amides is 1. The number of nitrogens with zero attached hydrogens (tertiary/aromatic N) is 1. The van der Waals surface area contributed by atoms with Crippen LogP contribution in [0.5, 0.6) is 0 Å². The summed E-state index contributed by atoms with van der Waals surface area (Å²) in [5.41, 5.74) is 7.27. The van der Waals surface area contributed by atoms with Gasteiger partial charge in [-0.15, -0.1) is 0 Å². The van der Waals surface area contributed by atoms with Crippen LogP contribution in [0.1, 0.15) is 45.2 Å². The predicted molar refractivity (Wildman–Crippen MR) is 122 cm³/mol. The summed E-state index contributed by atoms with van der Waals surface area (Å²) in [4.78, 5) is 15.6. The molecule has 0 saturated heterocycles. The number of amides is 1. The summed E-state index contributed by atoms with van der Waals surface area (Å²) < 4.78 is 0. The van der Waals surface area contributed by atoms with Crippen molar-refractivity contribution in [1.29, 1.82) is 0 Å². The van der Waals surface area contributed by atoms with E-state index >= 15 is 0 Å². The largest absolute Gasteiger partial charge is 0.369 e. The molecule has 152 valence electrons.